The van der Waals surface area contributed by atoms with E-state index < -0.39 is 5.82 Å². The first-order valence-corrected chi connectivity index (χ1v) is 10.6. The number of hydrogen-bond donors (Lipinski definition) is 1. The summed E-state index contributed by atoms with van der Waals surface area (Å²) in [6, 6.07) is 10.0. The zero-order chi connectivity index (χ0) is 21.5. The second kappa shape index (κ2) is 7.81. The van der Waals surface area contributed by atoms with Gasteiger partial charge in [-0.05, 0) is 50.1 Å². The van der Waals surface area contributed by atoms with Crippen molar-refractivity contribution in [1.29, 1.82) is 0 Å². The summed E-state index contributed by atoms with van der Waals surface area (Å²) in [5.41, 5.74) is 4.36. The van der Waals surface area contributed by atoms with Crippen LogP contribution in [0.4, 0.5) is 10.1 Å². The Bertz CT molecular complexity index is 1110. The number of amides is 1. The number of nitrogens with zero attached hydrogens (tertiary/aromatic N) is 1. The molecule has 0 bridgehead atoms. The Labute approximate surface area is 179 Å². The van der Waals surface area contributed by atoms with Crippen LogP contribution in [0.25, 0.3) is 11.3 Å². The molecule has 1 N–H and O–H groups in total. The topological polar surface area (TPSA) is 67.9 Å². The van der Waals surface area contributed by atoms with Crippen LogP contribution in [0, 0.1) is 5.82 Å². The molecule has 0 aliphatic carbocycles. The maximum absolute atomic E-state index is 13.8. The summed E-state index contributed by atoms with van der Waals surface area (Å²) < 4.78 is 24.9. The molecular formula is C24H23FN2O4. The van der Waals surface area contributed by atoms with E-state index in [9.17, 15) is 14.0 Å². The quantitative estimate of drug-likeness (QED) is 0.601. The second-order valence-corrected chi connectivity index (χ2v) is 8.01. The van der Waals surface area contributed by atoms with Crippen LogP contribution in [-0.2, 0) is 32.2 Å². The van der Waals surface area contributed by atoms with Crippen molar-refractivity contribution in [3.05, 3.63) is 64.5 Å². The van der Waals surface area contributed by atoms with Crippen LogP contribution in [0.15, 0.2) is 36.4 Å². The zero-order valence-corrected chi connectivity index (χ0v) is 17.2. The van der Waals surface area contributed by atoms with Gasteiger partial charge in [-0.2, -0.15) is 0 Å². The van der Waals surface area contributed by atoms with Gasteiger partial charge in [0.05, 0.1) is 12.2 Å². The Balaban J connectivity index is 1.43. The van der Waals surface area contributed by atoms with Crippen LogP contribution in [0.3, 0.4) is 0 Å². The van der Waals surface area contributed by atoms with Crippen LogP contribution >= 0.6 is 0 Å². The summed E-state index contributed by atoms with van der Waals surface area (Å²) in [6.45, 7) is 4.06. The first kappa shape index (κ1) is 19.8. The van der Waals surface area contributed by atoms with Crippen LogP contribution < -0.4 is 5.32 Å². The van der Waals surface area contributed by atoms with Crippen molar-refractivity contribution in [2.45, 2.75) is 39.0 Å². The Hall–Kier alpha value is -3.19. The molecule has 1 atom stereocenters. The lowest BCUT2D eigenvalue weighted by molar-refractivity contribution is -0.148. The number of likely N-dealkylation sites (tertiary alicyclic amines) is 1. The van der Waals surface area contributed by atoms with Crippen molar-refractivity contribution in [2.24, 2.45) is 0 Å². The molecule has 3 aliphatic heterocycles. The lowest BCUT2D eigenvalue weighted by Gasteiger charge is -2.23. The van der Waals surface area contributed by atoms with Gasteiger partial charge in [0, 0.05) is 28.9 Å². The maximum Gasteiger partial charge on any atom is 0.323 e. The standard InChI is InChI=1S/C24H23FN2O4/c1-2-30-24(29)20-4-3-9-27(20)12-14-5-7-17-15(10-14)13-31-22(17)21-18-11-16(25)6-8-19(18)26-23(21)28/h5-8,10-11,20H,2-4,9,12-13H2,1H3,(H,26,28)/b22-21+/t20-/m0/s1. The molecule has 0 aromatic heterocycles. The van der Waals surface area contributed by atoms with Crippen molar-refractivity contribution in [2.75, 3.05) is 18.5 Å². The molecule has 5 rings (SSSR count). The van der Waals surface area contributed by atoms with Crippen LogP contribution in [0.5, 0.6) is 0 Å². The van der Waals surface area contributed by atoms with Crippen LogP contribution in [-0.4, -0.2) is 36.0 Å². The summed E-state index contributed by atoms with van der Waals surface area (Å²) in [7, 11) is 0. The third kappa shape index (κ3) is 3.49. The van der Waals surface area contributed by atoms with Gasteiger partial charge in [0.15, 0.2) is 0 Å². The van der Waals surface area contributed by atoms with E-state index in [1.165, 1.54) is 12.1 Å². The fraction of sp³-hybridized carbons (Fsp3) is 0.333. The Morgan fingerprint density at radius 3 is 2.97 bits per heavy atom. The van der Waals surface area contributed by atoms with Crippen molar-refractivity contribution >= 4 is 28.9 Å². The number of benzene rings is 2. The highest BCUT2D eigenvalue weighted by Crippen LogP contribution is 2.42. The maximum atomic E-state index is 13.8. The van der Waals surface area contributed by atoms with Crippen molar-refractivity contribution in [3.63, 3.8) is 0 Å². The molecule has 0 spiro atoms. The highest BCUT2D eigenvalue weighted by Gasteiger charge is 2.34. The Morgan fingerprint density at radius 2 is 2.13 bits per heavy atom. The number of carbonyl (C=O) groups excluding carboxylic acids is 2. The third-order valence-electron chi connectivity index (χ3n) is 6.05. The highest BCUT2D eigenvalue weighted by molar-refractivity contribution is 6.36. The first-order valence-electron chi connectivity index (χ1n) is 10.6. The molecule has 3 heterocycles. The predicted octanol–water partition coefficient (Wildman–Crippen LogP) is 3.70. The van der Waals surface area contributed by atoms with Gasteiger partial charge in [-0.25, -0.2) is 4.39 Å². The number of ether oxygens (including phenoxy) is 2. The number of fused-ring (bicyclic) bond motifs is 2. The number of hydrogen-bond acceptors (Lipinski definition) is 5. The van der Waals surface area contributed by atoms with E-state index in [1.54, 1.807) is 6.07 Å². The molecule has 0 saturated carbocycles. The van der Waals surface area contributed by atoms with Crippen LogP contribution in [0.1, 0.15) is 42.0 Å². The summed E-state index contributed by atoms with van der Waals surface area (Å²) in [5.74, 6) is -0.366. The van der Waals surface area contributed by atoms with E-state index in [0.717, 1.165) is 36.1 Å². The number of nitrogens with one attached hydrogen (secondary N) is 1. The first-order chi connectivity index (χ1) is 15.0. The van der Waals surface area contributed by atoms with Crippen molar-refractivity contribution in [1.82, 2.24) is 4.90 Å². The van der Waals surface area contributed by atoms with Crippen LogP contribution in [0.2, 0.25) is 0 Å². The number of esters is 1. The van der Waals surface area contributed by atoms with Gasteiger partial charge in [-0.3, -0.25) is 14.5 Å². The van der Waals surface area contributed by atoms with Gasteiger partial charge in [0.25, 0.3) is 5.91 Å². The second-order valence-electron chi connectivity index (χ2n) is 8.01. The van der Waals surface area contributed by atoms with E-state index in [-0.39, 0.29) is 17.9 Å². The normalized spacial score (nSPS) is 22.1. The lowest BCUT2D eigenvalue weighted by Crippen LogP contribution is -2.36. The van der Waals surface area contributed by atoms with E-state index in [4.69, 9.17) is 9.47 Å². The minimum absolute atomic E-state index is 0.158. The molecule has 31 heavy (non-hydrogen) atoms. The molecule has 2 aromatic carbocycles. The van der Waals surface area contributed by atoms with Crippen molar-refractivity contribution in [3.8, 4) is 0 Å². The minimum Gasteiger partial charge on any atom is -0.487 e. The fourth-order valence-electron chi connectivity index (χ4n) is 4.64. The van der Waals surface area contributed by atoms with E-state index in [2.05, 4.69) is 16.3 Å². The molecular weight excluding hydrogens is 399 g/mol. The summed E-state index contributed by atoms with van der Waals surface area (Å²) in [5, 5.41) is 2.77. The molecule has 7 heteroatoms. The van der Waals surface area contributed by atoms with Gasteiger partial charge in [0.1, 0.15) is 24.2 Å². The summed E-state index contributed by atoms with van der Waals surface area (Å²) >= 11 is 0. The molecule has 0 unspecified atom stereocenters. The lowest BCUT2D eigenvalue weighted by atomic mass is 9.99. The molecule has 160 valence electrons. The Morgan fingerprint density at radius 1 is 1.26 bits per heavy atom. The monoisotopic (exact) mass is 422 g/mol. The molecule has 2 aromatic rings. The molecule has 0 radical (unpaired) electrons. The summed E-state index contributed by atoms with van der Waals surface area (Å²) in [4.78, 5) is 26.9. The molecule has 6 nitrogen and oxygen atoms in total. The SMILES string of the molecule is CCOC(=O)[C@@H]1CCCN1Cc1ccc2c(c1)CO/C2=C1/C(=O)Nc2ccc(F)cc21. The Kier molecular flexibility index (Phi) is 4.98. The van der Waals surface area contributed by atoms with Gasteiger partial charge < -0.3 is 14.8 Å². The van der Waals surface area contributed by atoms with Crippen molar-refractivity contribution < 1.29 is 23.5 Å². The average molecular weight is 422 g/mol. The molecule has 1 saturated heterocycles. The third-order valence-corrected chi connectivity index (χ3v) is 6.05. The van der Waals surface area contributed by atoms with Gasteiger partial charge in [-0.15, -0.1) is 0 Å². The van der Waals surface area contributed by atoms with E-state index >= 15 is 0 Å². The predicted molar refractivity (Wildman–Crippen MR) is 113 cm³/mol. The number of halogens is 1. The average Bonchev–Trinajstić information content (AvgIpc) is 3.44. The molecule has 3 aliphatic rings. The molecule has 1 fully saturated rings. The molecule has 1 amide bonds. The fourth-order valence-corrected chi connectivity index (χ4v) is 4.64. The van der Waals surface area contributed by atoms with Gasteiger partial charge in [-0.1, -0.05) is 18.2 Å². The van der Waals surface area contributed by atoms with E-state index in [0.29, 0.717) is 42.3 Å². The highest BCUT2D eigenvalue weighted by atomic mass is 19.1. The largest absolute Gasteiger partial charge is 0.487 e. The minimum atomic E-state index is -0.399. The number of anilines is 1. The smallest absolute Gasteiger partial charge is 0.323 e. The van der Waals surface area contributed by atoms with Gasteiger partial charge in [0.2, 0.25) is 0 Å². The number of carbonyl (C=O) groups is 2. The van der Waals surface area contributed by atoms with E-state index in [1.807, 2.05) is 19.1 Å². The summed E-state index contributed by atoms with van der Waals surface area (Å²) in [6.07, 6.45) is 1.78. The van der Waals surface area contributed by atoms with Gasteiger partial charge >= 0.3 is 5.97 Å². The zero-order valence-electron chi connectivity index (χ0n) is 17.2. The number of rotatable bonds is 4.